The Kier molecular flexibility index (Phi) is 3.66. The van der Waals surface area contributed by atoms with E-state index in [0.717, 1.165) is 31.1 Å². The second-order valence-electron chi connectivity index (χ2n) is 4.53. The zero-order valence-electron chi connectivity index (χ0n) is 10.4. The first kappa shape index (κ1) is 11.7. The summed E-state index contributed by atoms with van der Waals surface area (Å²) < 4.78 is 11.4. The quantitative estimate of drug-likeness (QED) is 0.837. The van der Waals surface area contributed by atoms with Crippen LogP contribution in [-0.2, 0) is 4.74 Å². The highest BCUT2D eigenvalue weighted by atomic mass is 16.5. The third-order valence-corrected chi connectivity index (χ3v) is 3.30. The number of hydrogen-bond acceptors (Lipinski definition) is 3. The first-order valence-electron chi connectivity index (χ1n) is 6.12. The van der Waals surface area contributed by atoms with Gasteiger partial charge in [0.05, 0.1) is 6.10 Å². The van der Waals surface area contributed by atoms with Crippen LogP contribution in [-0.4, -0.2) is 19.2 Å². The highest BCUT2D eigenvalue weighted by molar-refractivity contribution is 5.23. The van der Waals surface area contributed by atoms with E-state index in [0.29, 0.717) is 6.04 Å². The molecule has 2 heterocycles. The van der Waals surface area contributed by atoms with E-state index in [1.165, 1.54) is 12.0 Å². The lowest BCUT2D eigenvalue weighted by Crippen LogP contribution is -2.29. The van der Waals surface area contributed by atoms with Crippen LogP contribution in [0.3, 0.4) is 0 Å². The molecule has 0 bridgehead atoms. The van der Waals surface area contributed by atoms with Crippen molar-refractivity contribution >= 4 is 0 Å². The molecule has 1 N–H and O–H groups in total. The molecule has 0 saturated carbocycles. The van der Waals surface area contributed by atoms with Gasteiger partial charge in [0.1, 0.15) is 11.5 Å². The fraction of sp³-hybridized carbons (Fsp3) is 0.692. The number of ether oxygens (including phenoxy) is 1. The number of rotatable bonds is 2. The van der Waals surface area contributed by atoms with Crippen LogP contribution in [0.4, 0.5) is 0 Å². The fourth-order valence-corrected chi connectivity index (χ4v) is 2.31. The van der Waals surface area contributed by atoms with Crippen LogP contribution < -0.4 is 5.32 Å². The molecule has 2 unspecified atom stereocenters. The first-order chi connectivity index (χ1) is 7.70. The lowest BCUT2D eigenvalue weighted by Gasteiger charge is -2.15. The second kappa shape index (κ2) is 5.02. The summed E-state index contributed by atoms with van der Waals surface area (Å²) in [5.41, 5.74) is 1.20. The summed E-state index contributed by atoms with van der Waals surface area (Å²) in [6.07, 6.45) is 2.41. The molecule has 0 radical (unpaired) electrons. The van der Waals surface area contributed by atoms with Crippen LogP contribution in [0.1, 0.15) is 43.0 Å². The molecule has 2 rings (SSSR count). The molecule has 0 amide bonds. The van der Waals surface area contributed by atoms with Crippen LogP contribution in [0.25, 0.3) is 0 Å². The van der Waals surface area contributed by atoms with Crippen LogP contribution in [0.2, 0.25) is 0 Å². The molecule has 1 saturated heterocycles. The molecule has 1 fully saturated rings. The van der Waals surface area contributed by atoms with Crippen molar-refractivity contribution in [2.24, 2.45) is 0 Å². The van der Waals surface area contributed by atoms with Gasteiger partial charge in [0, 0.05) is 24.8 Å². The van der Waals surface area contributed by atoms with Gasteiger partial charge >= 0.3 is 0 Å². The monoisotopic (exact) mass is 223 g/mol. The van der Waals surface area contributed by atoms with E-state index in [2.05, 4.69) is 18.3 Å². The standard InChI is InChI=1S/C13H21NO2/c1-4-11-5-6-15-13(8-14-11)12-7-9(2)16-10(12)3/h7,11,13-14H,4-6,8H2,1-3H3. The van der Waals surface area contributed by atoms with Gasteiger partial charge in [-0.3, -0.25) is 0 Å². The molecule has 0 spiro atoms. The Morgan fingerprint density at radius 2 is 2.25 bits per heavy atom. The van der Waals surface area contributed by atoms with Gasteiger partial charge < -0.3 is 14.5 Å². The summed E-state index contributed by atoms with van der Waals surface area (Å²) in [5.74, 6) is 1.95. The number of furan rings is 1. The molecular formula is C13H21NO2. The van der Waals surface area contributed by atoms with Gasteiger partial charge in [0.2, 0.25) is 0 Å². The van der Waals surface area contributed by atoms with Crippen molar-refractivity contribution < 1.29 is 9.15 Å². The van der Waals surface area contributed by atoms with E-state index in [1.54, 1.807) is 0 Å². The topological polar surface area (TPSA) is 34.4 Å². The Morgan fingerprint density at radius 3 is 2.88 bits per heavy atom. The molecular weight excluding hydrogens is 202 g/mol. The van der Waals surface area contributed by atoms with Gasteiger partial charge in [-0.05, 0) is 32.8 Å². The third-order valence-electron chi connectivity index (χ3n) is 3.30. The maximum absolute atomic E-state index is 5.89. The van der Waals surface area contributed by atoms with Crippen LogP contribution in [0.15, 0.2) is 10.5 Å². The molecule has 3 nitrogen and oxygen atoms in total. The van der Waals surface area contributed by atoms with Crippen molar-refractivity contribution in [2.45, 2.75) is 45.8 Å². The van der Waals surface area contributed by atoms with Crippen LogP contribution in [0, 0.1) is 13.8 Å². The number of nitrogens with one attached hydrogen (secondary N) is 1. The number of aryl methyl sites for hydroxylation is 2. The van der Waals surface area contributed by atoms with Gasteiger partial charge in [-0.2, -0.15) is 0 Å². The molecule has 1 aromatic rings. The molecule has 90 valence electrons. The molecule has 1 aromatic heterocycles. The van der Waals surface area contributed by atoms with E-state index in [9.17, 15) is 0 Å². The Balaban J connectivity index is 2.07. The van der Waals surface area contributed by atoms with Crippen molar-refractivity contribution in [3.63, 3.8) is 0 Å². The van der Waals surface area contributed by atoms with Crippen molar-refractivity contribution in [3.05, 3.63) is 23.2 Å². The van der Waals surface area contributed by atoms with Gasteiger partial charge in [-0.1, -0.05) is 6.92 Å². The molecule has 1 aliphatic heterocycles. The van der Waals surface area contributed by atoms with Gasteiger partial charge in [0.15, 0.2) is 0 Å². The minimum atomic E-state index is 0.147. The first-order valence-corrected chi connectivity index (χ1v) is 6.12. The van der Waals surface area contributed by atoms with E-state index >= 15 is 0 Å². The van der Waals surface area contributed by atoms with Gasteiger partial charge in [-0.15, -0.1) is 0 Å². The third kappa shape index (κ3) is 2.47. The lowest BCUT2D eigenvalue weighted by molar-refractivity contribution is 0.0653. The molecule has 3 heteroatoms. The smallest absolute Gasteiger partial charge is 0.106 e. The van der Waals surface area contributed by atoms with Crippen LogP contribution in [0.5, 0.6) is 0 Å². The Hall–Kier alpha value is -0.800. The summed E-state index contributed by atoms with van der Waals surface area (Å²) in [7, 11) is 0. The van der Waals surface area contributed by atoms with E-state index in [4.69, 9.17) is 9.15 Å². The predicted molar refractivity (Wildman–Crippen MR) is 63.6 cm³/mol. The van der Waals surface area contributed by atoms with Crippen molar-refractivity contribution in [3.8, 4) is 0 Å². The Bertz CT molecular complexity index is 346. The lowest BCUT2D eigenvalue weighted by atomic mass is 10.1. The van der Waals surface area contributed by atoms with Gasteiger partial charge in [0.25, 0.3) is 0 Å². The maximum Gasteiger partial charge on any atom is 0.106 e. The van der Waals surface area contributed by atoms with Crippen LogP contribution >= 0.6 is 0 Å². The SMILES string of the molecule is CCC1CCOC(c2cc(C)oc2C)CN1. The second-order valence-corrected chi connectivity index (χ2v) is 4.53. The average molecular weight is 223 g/mol. The Labute approximate surface area is 97.2 Å². The average Bonchev–Trinajstić information content (AvgIpc) is 2.51. The highest BCUT2D eigenvalue weighted by Crippen LogP contribution is 2.26. The van der Waals surface area contributed by atoms with Crippen molar-refractivity contribution in [1.29, 1.82) is 0 Å². The summed E-state index contributed by atoms with van der Waals surface area (Å²) in [6, 6.07) is 2.69. The van der Waals surface area contributed by atoms with Crippen molar-refractivity contribution in [1.82, 2.24) is 5.32 Å². The molecule has 0 aliphatic carbocycles. The highest BCUT2D eigenvalue weighted by Gasteiger charge is 2.22. The van der Waals surface area contributed by atoms with Crippen molar-refractivity contribution in [2.75, 3.05) is 13.2 Å². The molecule has 1 aliphatic rings. The van der Waals surface area contributed by atoms with Gasteiger partial charge in [-0.25, -0.2) is 0 Å². The van der Waals surface area contributed by atoms with E-state index < -0.39 is 0 Å². The summed E-state index contributed by atoms with van der Waals surface area (Å²) in [4.78, 5) is 0. The molecule has 2 atom stereocenters. The maximum atomic E-state index is 5.89. The molecule has 0 aromatic carbocycles. The molecule has 16 heavy (non-hydrogen) atoms. The largest absolute Gasteiger partial charge is 0.466 e. The Morgan fingerprint density at radius 1 is 1.44 bits per heavy atom. The fourth-order valence-electron chi connectivity index (χ4n) is 2.31. The zero-order valence-corrected chi connectivity index (χ0v) is 10.4. The number of hydrogen-bond donors (Lipinski definition) is 1. The van der Waals surface area contributed by atoms with E-state index in [1.807, 2.05) is 13.8 Å². The predicted octanol–water partition coefficient (Wildman–Crippen LogP) is 2.73. The van der Waals surface area contributed by atoms with E-state index in [-0.39, 0.29) is 6.10 Å². The zero-order chi connectivity index (χ0) is 11.5. The summed E-state index contributed by atoms with van der Waals surface area (Å²) in [6.45, 7) is 7.92. The summed E-state index contributed by atoms with van der Waals surface area (Å²) in [5, 5.41) is 3.55. The minimum Gasteiger partial charge on any atom is -0.466 e. The summed E-state index contributed by atoms with van der Waals surface area (Å²) >= 11 is 0. The normalized spacial score (nSPS) is 26.7. The minimum absolute atomic E-state index is 0.147.